The van der Waals surface area contributed by atoms with Gasteiger partial charge in [0, 0.05) is 10.6 Å². The maximum absolute atomic E-state index is 11.2. The Morgan fingerprint density at radius 3 is 2.57 bits per heavy atom. The van der Waals surface area contributed by atoms with Crippen LogP contribution < -0.4 is 0 Å². The van der Waals surface area contributed by atoms with Crippen molar-refractivity contribution >= 4 is 23.4 Å². The molecule has 14 heavy (non-hydrogen) atoms. The van der Waals surface area contributed by atoms with Crippen molar-refractivity contribution in [3.05, 3.63) is 34.3 Å². The predicted molar refractivity (Wildman–Crippen MR) is 52.8 cm³/mol. The standard InChI is InChI=1S/C10H9ClO3/c1-2-6-5-7(11)3-4-8(6)9(12)10(13)14/h3-5H,2H2,1H3,(H,13,14). The van der Waals surface area contributed by atoms with Crippen LogP contribution in [0, 0.1) is 0 Å². The predicted octanol–water partition coefficient (Wildman–Crippen LogP) is 2.17. The molecule has 0 saturated heterocycles. The quantitative estimate of drug-likeness (QED) is 0.617. The Hall–Kier alpha value is -1.35. The summed E-state index contributed by atoms with van der Waals surface area (Å²) in [6.45, 7) is 1.84. The van der Waals surface area contributed by atoms with E-state index in [1.807, 2.05) is 6.92 Å². The molecule has 4 heteroatoms. The number of carboxylic acids is 1. The van der Waals surface area contributed by atoms with Gasteiger partial charge in [-0.15, -0.1) is 0 Å². The molecule has 0 saturated carbocycles. The molecule has 0 bridgehead atoms. The van der Waals surface area contributed by atoms with Crippen molar-refractivity contribution < 1.29 is 14.7 Å². The van der Waals surface area contributed by atoms with Crippen LogP contribution in [0.4, 0.5) is 0 Å². The highest BCUT2D eigenvalue weighted by atomic mass is 35.5. The van der Waals surface area contributed by atoms with Gasteiger partial charge in [-0.3, -0.25) is 4.79 Å². The molecule has 0 aliphatic carbocycles. The van der Waals surface area contributed by atoms with Gasteiger partial charge in [-0.05, 0) is 30.2 Å². The molecule has 74 valence electrons. The molecule has 1 aromatic rings. The van der Waals surface area contributed by atoms with Gasteiger partial charge >= 0.3 is 5.97 Å². The number of rotatable bonds is 3. The number of hydrogen-bond acceptors (Lipinski definition) is 2. The second-order valence-electron chi connectivity index (χ2n) is 2.79. The molecular formula is C10H9ClO3. The summed E-state index contributed by atoms with van der Waals surface area (Å²) in [5.74, 6) is -2.33. The van der Waals surface area contributed by atoms with Gasteiger partial charge in [0.2, 0.25) is 0 Å². The van der Waals surface area contributed by atoms with E-state index >= 15 is 0 Å². The van der Waals surface area contributed by atoms with Gasteiger partial charge in [-0.1, -0.05) is 18.5 Å². The summed E-state index contributed by atoms with van der Waals surface area (Å²) in [5, 5.41) is 9.05. The fourth-order valence-corrected chi connectivity index (χ4v) is 1.39. The largest absolute Gasteiger partial charge is 0.475 e. The lowest BCUT2D eigenvalue weighted by atomic mass is 10.0. The van der Waals surface area contributed by atoms with Gasteiger partial charge < -0.3 is 5.11 Å². The highest BCUT2D eigenvalue weighted by Crippen LogP contribution is 2.17. The van der Waals surface area contributed by atoms with Gasteiger partial charge in [0.1, 0.15) is 0 Å². The van der Waals surface area contributed by atoms with E-state index in [9.17, 15) is 9.59 Å². The fraction of sp³-hybridized carbons (Fsp3) is 0.200. The number of aliphatic carboxylic acids is 1. The average molecular weight is 213 g/mol. The van der Waals surface area contributed by atoms with Crippen molar-refractivity contribution in [1.29, 1.82) is 0 Å². The molecule has 1 N–H and O–H groups in total. The van der Waals surface area contributed by atoms with E-state index in [2.05, 4.69) is 0 Å². The zero-order valence-electron chi connectivity index (χ0n) is 7.58. The molecule has 0 aliphatic rings. The Morgan fingerprint density at radius 2 is 2.07 bits per heavy atom. The Labute approximate surface area is 86.3 Å². The molecule has 0 spiro atoms. The number of hydrogen-bond donors (Lipinski definition) is 1. The van der Waals surface area contributed by atoms with E-state index in [4.69, 9.17) is 16.7 Å². The van der Waals surface area contributed by atoms with E-state index in [-0.39, 0.29) is 5.56 Å². The summed E-state index contributed by atoms with van der Waals surface area (Å²) >= 11 is 5.72. The van der Waals surface area contributed by atoms with Crippen LogP contribution in [0.25, 0.3) is 0 Å². The SMILES string of the molecule is CCc1cc(Cl)ccc1C(=O)C(=O)O. The number of carbonyl (C=O) groups is 2. The number of benzene rings is 1. The average Bonchev–Trinajstić information content (AvgIpc) is 2.16. The van der Waals surface area contributed by atoms with Crippen LogP contribution in [0.3, 0.4) is 0 Å². The maximum atomic E-state index is 11.2. The Kier molecular flexibility index (Phi) is 3.25. The number of Topliss-reactive ketones (excluding diaryl/α,β-unsaturated/α-hetero) is 1. The highest BCUT2D eigenvalue weighted by molar-refractivity contribution is 6.40. The zero-order valence-corrected chi connectivity index (χ0v) is 8.34. The van der Waals surface area contributed by atoms with Crippen molar-refractivity contribution in [3.63, 3.8) is 0 Å². The summed E-state index contributed by atoms with van der Waals surface area (Å²) in [4.78, 5) is 21.7. The number of carboxylic acid groups (broad SMARTS) is 1. The van der Waals surface area contributed by atoms with Crippen LogP contribution in [0.5, 0.6) is 0 Å². The normalized spacial score (nSPS) is 9.86. The summed E-state index contributed by atoms with van der Waals surface area (Å²) in [7, 11) is 0. The minimum Gasteiger partial charge on any atom is -0.475 e. The minimum absolute atomic E-state index is 0.212. The first kappa shape index (κ1) is 10.7. The van der Waals surface area contributed by atoms with Crippen LogP contribution >= 0.6 is 11.6 Å². The van der Waals surface area contributed by atoms with Gasteiger partial charge in [-0.25, -0.2) is 4.79 Å². The van der Waals surface area contributed by atoms with Crippen molar-refractivity contribution in [2.75, 3.05) is 0 Å². The Balaban J connectivity index is 3.20. The first-order valence-corrected chi connectivity index (χ1v) is 4.50. The third-order valence-electron chi connectivity index (χ3n) is 1.89. The third kappa shape index (κ3) is 2.12. The second-order valence-corrected chi connectivity index (χ2v) is 3.23. The van der Waals surface area contributed by atoms with Gasteiger partial charge in [-0.2, -0.15) is 0 Å². The van der Waals surface area contributed by atoms with E-state index in [0.29, 0.717) is 17.0 Å². The molecule has 0 unspecified atom stereocenters. The van der Waals surface area contributed by atoms with E-state index in [1.54, 1.807) is 6.07 Å². The van der Waals surface area contributed by atoms with Crippen LogP contribution in [-0.4, -0.2) is 16.9 Å². The van der Waals surface area contributed by atoms with Gasteiger partial charge in [0.05, 0.1) is 0 Å². The van der Waals surface area contributed by atoms with Crippen molar-refractivity contribution in [3.8, 4) is 0 Å². The third-order valence-corrected chi connectivity index (χ3v) is 2.12. The zero-order chi connectivity index (χ0) is 10.7. The molecule has 1 rings (SSSR count). The smallest absolute Gasteiger partial charge is 0.377 e. The Morgan fingerprint density at radius 1 is 1.43 bits per heavy atom. The van der Waals surface area contributed by atoms with E-state index in [1.165, 1.54) is 12.1 Å². The number of ketones is 1. The number of aryl methyl sites for hydroxylation is 1. The summed E-state index contributed by atoms with van der Waals surface area (Å²) in [5.41, 5.74) is 0.870. The lowest BCUT2D eigenvalue weighted by molar-refractivity contribution is -0.131. The second kappa shape index (κ2) is 4.24. The summed E-state index contributed by atoms with van der Waals surface area (Å²) in [6, 6.07) is 4.56. The highest BCUT2D eigenvalue weighted by Gasteiger charge is 2.17. The topological polar surface area (TPSA) is 54.4 Å². The summed E-state index contributed by atoms with van der Waals surface area (Å²) in [6.07, 6.45) is 0.578. The molecule has 0 aliphatic heterocycles. The van der Waals surface area contributed by atoms with E-state index < -0.39 is 11.8 Å². The first-order valence-electron chi connectivity index (χ1n) is 4.12. The van der Waals surface area contributed by atoms with Gasteiger partial charge in [0.15, 0.2) is 0 Å². The number of halogens is 1. The minimum atomic E-state index is -1.44. The summed E-state index contributed by atoms with van der Waals surface area (Å²) < 4.78 is 0. The molecule has 0 aromatic heterocycles. The molecule has 3 nitrogen and oxygen atoms in total. The van der Waals surface area contributed by atoms with Crippen molar-refractivity contribution in [2.24, 2.45) is 0 Å². The number of carbonyl (C=O) groups excluding carboxylic acids is 1. The Bertz CT molecular complexity index is 385. The van der Waals surface area contributed by atoms with E-state index in [0.717, 1.165) is 0 Å². The van der Waals surface area contributed by atoms with Crippen LogP contribution in [0.1, 0.15) is 22.8 Å². The fourth-order valence-electron chi connectivity index (χ4n) is 1.19. The molecule has 0 radical (unpaired) electrons. The lowest BCUT2D eigenvalue weighted by Crippen LogP contribution is -2.14. The molecule has 0 atom stereocenters. The molecule has 0 fully saturated rings. The first-order chi connectivity index (χ1) is 6.56. The molecule has 1 aromatic carbocycles. The monoisotopic (exact) mass is 212 g/mol. The van der Waals surface area contributed by atoms with Gasteiger partial charge in [0.25, 0.3) is 5.78 Å². The van der Waals surface area contributed by atoms with Crippen molar-refractivity contribution in [1.82, 2.24) is 0 Å². The maximum Gasteiger partial charge on any atom is 0.377 e. The molecule has 0 heterocycles. The van der Waals surface area contributed by atoms with Crippen LogP contribution in [0.2, 0.25) is 5.02 Å². The molecular weight excluding hydrogens is 204 g/mol. The lowest BCUT2D eigenvalue weighted by Gasteiger charge is -2.04. The van der Waals surface area contributed by atoms with Crippen LogP contribution in [0.15, 0.2) is 18.2 Å². The molecule has 0 amide bonds. The van der Waals surface area contributed by atoms with Crippen LogP contribution in [-0.2, 0) is 11.2 Å². The van der Waals surface area contributed by atoms with Crippen molar-refractivity contribution in [2.45, 2.75) is 13.3 Å².